The Kier molecular flexibility index (Phi) is 6.49. The molecular weight excluding hydrogens is 455 g/mol. The molecule has 2 aromatic carbocycles. The van der Waals surface area contributed by atoms with E-state index >= 15 is 0 Å². The Balaban J connectivity index is 1.74. The molecule has 4 rings (SSSR count). The van der Waals surface area contributed by atoms with Crippen molar-refractivity contribution in [2.45, 2.75) is 32.4 Å². The first-order valence-electron chi connectivity index (χ1n) is 11.1. The van der Waals surface area contributed by atoms with Crippen LogP contribution in [0.15, 0.2) is 54.9 Å². The Bertz CT molecular complexity index is 1240. The first kappa shape index (κ1) is 24.2. The number of aliphatic hydroxyl groups is 1. The summed E-state index contributed by atoms with van der Waals surface area (Å²) in [5, 5.41) is 14.0. The maximum absolute atomic E-state index is 13.3. The third kappa shape index (κ3) is 4.69. The molecule has 1 aromatic heterocycles. The fourth-order valence-electron chi connectivity index (χ4n) is 3.89. The van der Waals surface area contributed by atoms with Crippen LogP contribution in [-0.4, -0.2) is 53.4 Å². The van der Waals surface area contributed by atoms with Crippen molar-refractivity contribution in [2.75, 3.05) is 30.1 Å². The molecule has 2 amide bonds. The van der Waals surface area contributed by atoms with Crippen molar-refractivity contribution < 1.29 is 28.6 Å². The summed E-state index contributed by atoms with van der Waals surface area (Å²) < 4.78 is 25.4. The zero-order chi connectivity index (χ0) is 25.3. The van der Waals surface area contributed by atoms with Gasteiger partial charge in [-0.2, -0.15) is 5.10 Å². The maximum Gasteiger partial charge on any atom is 0.419 e. The summed E-state index contributed by atoms with van der Waals surface area (Å²) in [6.45, 7) is 5.58. The standard InChI is InChI=1S/C25H27FN4O5/c1-16-13-28(23(32)35-20-8-6-19(26)7-9-20)22-11-17(5-10-21(22)30(16)24(33)34-4)18-12-27-29(14-18)25(2,3)15-31/h5-12,14,16,31H,13,15H2,1-4H3/t16-/m0/s1. The zero-order valence-electron chi connectivity index (χ0n) is 19.9. The highest BCUT2D eigenvalue weighted by atomic mass is 19.1. The molecule has 9 nitrogen and oxygen atoms in total. The smallest absolute Gasteiger partial charge is 0.419 e. The van der Waals surface area contributed by atoms with Crippen molar-refractivity contribution in [1.29, 1.82) is 0 Å². The van der Waals surface area contributed by atoms with Crippen molar-refractivity contribution in [3.05, 3.63) is 60.7 Å². The van der Waals surface area contributed by atoms with Gasteiger partial charge in [-0.25, -0.2) is 14.0 Å². The van der Waals surface area contributed by atoms with E-state index in [2.05, 4.69) is 5.10 Å². The van der Waals surface area contributed by atoms with Crippen molar-refractivity contribution >= 4 is 23.6 Å². The lowest BCUT2D eigenvalue weighted by molar-refractivity contribution is 0.152. The molecular formula is C25H27FN4O5. The second-order valence-corrected chi connectivity index (χ2v) is 8.97. The molecule has 0 bridgehead atoms. The van der Waals surface area contributed by atoms with Crippen LogP contribution in [0.25, 0.3) is 11.1 Å². The van der Waals surface area contributed by atoms with Crippen LogP contribution >= 0.6 is 0 Å². The number of halogens is 1. The van der Waals surface area contributed by atoms with E-state index in [1.807, 2.05) is 26.1 Å². The second kappa shape index (κ2) is 9.38. The molecule has 1 aliphatic rings. The molecule has 1 N–H and O–H groups in total. The van der Waals surface area contributed by atoms with Gasteiger partial charge in [0.05, 0.1) is 49.4 Å². The van der Waals surface area contributed by atoms with E-state index in [1.165, 1.54) is 41.2 Å². The lowest BCUT2D eigenvalue weighted by Gasteiger charge is -2.39. The number of fused-ring (bicyclic) bond motifs is 1. The molecule has 0 spiro atoms. The number of aromatic nitrogens is 2. The fourth-order valence-corrected chi connectivity index (χ4v) is 3.89. The van der Waals surface area contributed by atoms with Gasteiger partial charge in [-0.05, 0) is 62.7 Å². The van der Waals surface area contributed by atoms with Crippen LogP contribution in [0.5, 0.6) is 5.75 Å². The molecule has 2 heterocycles. The summed E-state index contributed by atoms with van der Waals surface area (Å²) in [5.41, 5.74) is 1.87. The number of methoxy groups -OCH3 is 1. The number of nitrogens with zero attached hydrogens (tertiary/aromatic N) is 4. The summed E-state index contributed by atoms with van der Waals surface area (Å²) in [4.78, 5) is 28.6. The number of hydrogen-bond acceptors (Lipinski definition) is 6. The molecule has 3 aromatic rings. The van der Waals surface area contributed by atoms with Crippen LogP contribution in [0.4, 0.5) is 25.4 Å². The summed E-state index contributed by atoms with van der Waals surface area (Å²) in [6, 6.07) is 10.1. The quantitative estimate of drug-likeness (QED) is 0.592. The van der Waals surface area contributed by atoms with E-state index in [4.69, 9.17) is 9.47 Å². The number of carbonyl (C=O) groups is 2. The number of anilines is 2. The third-order valence-electron chi connectivity index (χ3n) is 5.95. The Morgan fingerprint density at radius 2 is 1.83 bits per heavy atom. The molecule has 1 atom stereocenters. The predicted octanol–water partition coefficient (Wildman–Crippen LogP) is 4.40. The molecule has 0 fully saturated rings. The summed E-state index contributed by atoms with van der Waals surface area (Å²) in [7, 11) is 1.30. The number of carbonyl (C=O) groups excluding carboxylic acids is 2. The maximum atomic E-state index is 13.3. The first-order valence-corrected chi connectivity index (χ1v) is 11.1. The van der Waals surface area contributed by atoms with Gasteiger partial charge in [0.25, 0.3) is 0 Å². The van der Waals surface area contributed by atoms with Gasteiger partial charge in [0.1, 0.15) is 11.6 Å². The Morgan fingerprint density at radius 3 is 2.49 bits per heavy atom. The van der Waals surface area contributed by atoms with Gasteiger partial charge >= 0.3 is 12.2 Å². The number of hydrogen-bond donors (Lipinski definition) is 1. The molecule has 184 valence electrons. The molecule has 0 aliphatic carbocycles. The van der Waals surface area contributed by atoms with Gasteiger partial charge in [-0.3, -0.25) is 14.5 Å². The number of benzene rings is 2. The average Bonchev–Trinajstić information content (AvgIpc) is 3.35. The highest BCUT2D eigenvalue weighted by Gasteiger charge is 2.36. The largest absolute Gasteiger partial charge is 0.452 e. The summed E-state index contributed by atoms with van der Waals surface area (Å²) >= 11 is 0. The monoisotopic (exact) mass is 482 g/mol. The first-order chi connectivity index (χ1) is 16.6. The SMILES string of the molecule is COC(=O)N1c2ccc(-c3cnn(C(C)(C)CO)c3)cc2N(C(=O)Oc2ccc(F)cc2)C[C@@H]1C. The van der Waals surface area contributed by atoms with Crippen LogP contribution in [0.1, 0.15) is 20.8 Å². The minimum absolute atomic E-state index is 0.0900. The van der Waals surface area contributed by atoms with E-state index in [1.54, 1.807) is 29.9 Å². The summed E-state index contributed by atoms with van der Waals surface area (Å²) in [5.74, 6) is -0.241. The van der Waals surface area contributed by atoms with Crippen LogP contribution in [-0.2, 0) is 10.3 Å². The van der Waals surface area contributed by atoms with Crippen molar-refractivity contribution in [1.82, 2.24) is 9.78 Å². The number of aliphatic hydroxyl groups excluding tert-OH is 1. The Hall–Kier alpha value is -3.92. The molecule has 1 aliphatic heterocycles. The van der Waals surface area contributed by atoms with E-state index < -0.39 is 29.6 Å². The minimum Gasteiger partial charge on any atom is -0.452 e. The Morgan fingerprint density at radius 1 is 1.11 bits per heavy atom. The van der Waals surface area contributed by atoms with Crippen LogP contribution < -0.4 is 14.5 Å². The molecule has 0 unspecified atom stereocenters. The van der Waals surface area contributed by atoms with Crippen molar-refractivity contribution in [2.24, 2.45) is 0 Å². The van der Waals surface area contributed by atoms with Gasteiger partial charge in [0.2, 0.25) is 0 Å². The fraction of sp³-hybridized carbons (Fsp3) is 0.320. The van der Waals surface area contributed by atoms with Crippen molar-refractivity contribution in [3.63, 3.8) is 0 Å². The molecule has 0 saturated heterocycles. The van der Waals surface area contributed by atoms with Crippen molar-refractivity contribution in [3.8, 4) is 16.9 Å². The average molecular weight is 483 g/mol. The van der Waals surface area contributed by atoms with Crippen LogP contribution in [0, 0.1) is 5.82 Å². The Labute approximate surface area is 202 Å². The van der Waals surface area contributed by atoms with Crippen LogP contribution in [0.3, 0.4) is 0 Å². The van der Waals surface area contributed by atoms with E-state index in [-0.39, 0.29) is 18.9 Å². The predicted molar refractivity (Wildman–Crippen MR) is 128 cm³/mol. The zero-order valence-corrected chi connectivity index (χ0v) is 19.9. The molecule has 35 heavy (non-hydrogen) atoms. The van der Waals surface area contributed by atoms with Gasteiger partial charge < -0.3 is 14.6 Å². The normalized spacial score (nSPS) is 15.5. The lowest BCUT2D eigenvalue weighted by atomic mass is 10.0. The molecule has 10 heteroatoms. The van der Waals surface area contributed by atoms with Gasteiger partial charge in [0, 0.05) is 11.8 Å². The highest BCUT2D eigenvalue weighted by Crippen LogP contribution is 2.39. The number of amides is 2. The van der Waals surface area contributed by atoms with Gasteiger partial charge in [-0.15, -0.1) is 0 Å². The highest BCUT2D eigenvalue weighted by molar-refractivity contribution is 6.02. The second-order valence-electron chi connectivity index (χ2n) is 8.97. The van der Waals surface area contributed by atoms with E-state index in [0.29, 0.717) is 11.4 Å². The van der Waals surface area contributed by atoms with E-state index in [9.17, 15) is 19.1 Å². The van der Waals surface area contributed by atoms with Gasteiger partial charge in [-0.1, -0.05) is 6.07 Å². The third-order valence-corrected chi connectivity index (χ3v) is 5.95. The van der Waals surface area contributed by atoms with Crippen LogP contribution in [0.2, 0.25) is 0 Å². The summed E-state index contributed by atoms with van der Waals surface area (Å²) in [6.07, 6.45) is 2.27. The molecule has 0 radical (unpaired) electrons. The lowest BCUT2D eigenvalue weighted by Crippen LogP contribution is -2.52. The van der Waals surface area contributed by atoms with E-state index in [0.717, 1.165) is 11.1 Å². The number of rotatable bonds is 4. The number of ether oxygens (including phenoxy) is 2. The molecule has 0 saturated carbocycles. The van der Waals surface area contributed by atoms with Gasteiger partial charge in [0.15, 0.2) is 0 Å². The topological polar surface area (TPSA) is 97.1 Å². The minimum atomic E-state index is -0.663.